The number of amides is 5. The number of urea groups is 2. The van der Waals surface area contributed by atoms with E-state index in [0.29, 0.717) is 22.6 Å². The fraction of sp³-hybridized carbons (Fsp3) is 0.222. The molecule has 1 atom stereocenters. The number of nitrogens with zero attached hydrogens (tertiary/aromatic N) is 2. The van der Waals surface area contributed by atoms with Gasteiger partial charge in [0.1, 0.15) is 5.54 Å². The largest absolute Gasteiger partial charge is 0.501 e. The number of imide groups is 1. The van der Waals surface area contributed by atoms with Gasteiger partial charge >= 0.3 is 17.6 Å². The van der Waals surface area contributed by atoms with Crippen molar-refractivity contribution in [3.8, 4) is 0 Å². The van der Waals surface area contributed by atoms with E-state index < -0.39 is 43.7 Å². The first-order valence-electron chi connectivity index (χ1n) is 8.84. The van der Waals surface area contributed by atoms with E-state index in [-0.39, 0.29) is 17.8 Å². The highest BCUT2D eigenvalue weighted by molar-refractivity contribution is 7.92. The summed E-state index contributed by atoms with van der Waals surface area (Å²) in [5.41, 5.74) is -1.32. The summed E-state index contributed by atoms with van der Waals surface area (Å²) >= 11 is 0. The summed E-state index contributed by atoms with van der Waals surface area (Å²) in [7, 11) is -5.58. The maximum atomic E-state index is 13.0. The molecule has 0 aliphatic carbocycles. The second kappa shape index (κ2) is 7.78. The van der Waals surface area contributed by atoms with Crippen LogP contribution in [0.2, 0.25) is 0 Å². The minimum absolute atomic E-state index is 0.0766. The molecule has 1 aromatic heterocycles. The monoisotopic (exact) mass is 471 g/mol. The van der Waals surface area contributed by atoms with E-state index in [9.17, 15) is 36.0 Å². The number of sulfone groups is 1. The van der Waals surface area contributed by atoms with Gasteiger partial charge in [0, 0.05) is 12.6 Å². The number of primary amides is 1. The summed E-state index contributed by atoms with van der Waals surface area (Å²) in [6.07, 6.45) is 2.64. The quantitative estimate of drug-likeness (QED) is 0.567. The number of benzene rings is 1. The highest BCUT2D eigenvalue weighted by Crippen LogP contribution is 2.33. The third kappa shape index (κ3) is 4.08. The number of anilines is 2. The van der Waals surface area contributed by atoms with E-state index >= 15 is 0 Å². The number of nitrogens with two attached hydrogens (primary N) is 1. The van der Waals surface area contributed by atoms with Gasteiger partial charge in [-0.3, -0.25) is 9.78 Å². The summed E-state index contributed by atoms with van der Waals surface area (Å²) in [4.78, 5) is 40.2. The zero-order valence-corrected chi connectivity index (χ0v) is 17.1. The Morgan fingerprint density at radius 2 is 1.84 bits per heavy atom. The summed E-state index contributed by atoms with van der Waals surface area (Å²) in [5.74, 6) is -0.740. The molecule has 4 N–H and O–H groups in total. The van der Waals surface area contributed by atoms with Crippen LogP contribution in [0.4, 0.5) is 34.1 Å². The van der Waals surface area contributed by atoms with Gasteiger partial charge in [0.2, 0.25) is 0 Å². The number of carbonyl (C=O) groups excluding carboxylic acids is 3. The van der Waals surface area contributed by atoms with Gasteiger partial charge in [-0.05, 0) is 42.8 Å². The SMILES string of the molecule is CC1(Cc2ccncc2NC(N)=O)NC(=O)N(c2ccc(S(=O)(=O)C(F)(F)F)cc2)C1=O. The lowest BCUT2D eigenvalue weighted by atomic mass is 9.92. The molecule has 14 heteroatoms. The first kappa shape index (κ1) is 23.0. The number of rotatable bonds is 5. The van der Waals surface area contributed by atoms with Crippen LogP contribution in [0.5, 0.6) is 0 Å². The van der Waals surface area contributed by atoms with E-state index in [1.165, 1.54) is 25.4 Å². The van der Waals surface area contributed by atoms with E-state index in [4.69, 9.17) is 5.73 Å². The highest BCUT2D eigenvalue weighted by Gasteiger charge is 2.49. The van der Waals surface area contributed by atoms with Gasteiger partial charge in [0.15, 0.2) is 0 Å². The van der Waals surface area contributed by atoms with Gasteiger partial charge < -0.3 is 16.4 Å². The number of halogens is 3. The lowest BCUT2D eigenvalue weighted by Crippen LogP contribution is -2.46. The van der Waals surface area contributed by atoms with Crippen molar-refractivity contribution in [1.82, 2.24) is 10.3 Å². The van der Waals surface area contributed by atoms with Crippen molar-refractivity contribution in [2.24, 2.45) is 5.73 Å². The van der Waals surface area contributed by atoms with Gasteiger partial charge in [-0.2, -0.15) is 13.2 Å². The van der Waals surface area contributed by atoms with Crippen molar-refractivity contribution < 1.29 is 36.0 Å². The molecule has 0 spiro atoms. The molecular weight excluding hydrogens is 455 g/mol. The number of alkyl halides is 3. The molecular formula is C18H16F3N5O5S. The average Bonchev–Trinajstić information content (AvgIpc) is 2.90. The van der Waals surface area contributed by atoms with Crippen LogP contribution in [0.15, 0.2) is 47.6 Å². The molecule has 1 aromatic carbocycles. The van der Waals surface area contributed by atoms with Crippen molar-refractivity contribution in [3.05, 3.63) is 48.3 Å². The predicted molar refractivity (Wildman–Crippen MR) is 105 cm³/mol. The highest BCUT2D eigenvalue weighted by atomic mass is 32.2. The number of pyridine rings is 1. The van der Waals surface area contributed by atoms with Crippen LogP contribution in [0.3, 0.4) is 0 Å². The molecule has 2 aromatic rings. The Labute approximate surface area is 179 Å². The predicted octanol–water partition coefficient (Wildman–Crippen LogP) is 1.92. The van der Waals surface area contributed by atoms with Gasteiger partial charge in [-0.1, -0.05) is 0 Å². The molecule has 32 heavy (non-hydrogen) atoms. The van der Waals surface area contributed by atoms with Gasteiger partial charge in [0.25, 0.3) is 15.7 Å². The normalized spacial score (nSPS) is 19.1. The van der Waals surface area contributed by atoms with Crippen molar-refractivity contribution >= 4 is 39.2 Å². The van der Waals surface area contributed by atoms with E-state index in [1.54, 1.807) is 0 Å². The van der Waals surface area contributed by atoms with Crippen molar-refractivity contribution in [2.45, 2.75) is 29.3 Å². The Morgan fingerprint density at radius 3 is 2.41 bits per heavy atom. The molecule has 0 radical (unpaired) electrons. The first-order chi connectivity index (χ1) is 14.8. The topological polar surface area (TPSA) is 152 Å². The lowest BCUT2D eigenvalue weighted by molar-refractivity contribution is -0.121. The molecule has 1 saturated heterocycles. The number of carbonyl (C=O) groups is 3. The second-order valence-corrected chi connectivity index (χ2v) is 8.99. The molecule has 170 valence electrons. The fourth-order valence-corrected chi connectivity index (χ4v) is 3.91. The molecule has 0 bridgehead atoms. The Kier molecular flexibility index (Phi) is 5.59. The van der Waals surface area contributed by atoms with Gasteiger partial charge in [-0.15, -0.1) is 0 Å². The lowest BCUT2D eigenvalue weighted by Gasteiger charge is -2.23. The molecule has 3 rings (SSSR count). The van der Waals surface area contributed by atoms with Crippen LogP contribution >= 0.6 is 0 Å². The maximum Gasteiger partial charge on any atom is 0.501 e. The molecule has 1 fully saturated rings. The van der Waals surface area contributed by atoms with E-state index in [1.807, 2.05) is 0 Å². The maximum absolute atomic E-state index is 13.0. The molecule has 5 amide bonds. The Hall–Kier alpha value is -3.68. The van der Waals surface area contributed by atoms with Gasteiger partial charge in [-0.25, -0.2) is 22.9 Å². The van der Waals surface area contributed by atoms with Crippen molar-refractivity contribution in [3.63, 3.8) is 0 Å². The molecule has 0 saturated carbocycles. The summed E-state index contributed by atoms with van der Waals surface area (Å²) in [5, 5.41) is 4.86. The van der Waals surface area contributed by atoms with Crippen LogP contribution in [0.1, 0.15) is 12.5 Å². The first-order valence-corrected chi connectivity index (χ1v) is 10.3. The Balaban J connectivity index is 1.89. The molecule has 1 unspecified atom stereocenters. The Morgan fingerprint density at radius 1 is 1.22 bits per heavy atom. The number of hydrogen-bond acceptors (Lipinski definition) is 6. The number of aromatic nitrogens is 1. The number of nitrogens with one attached hydrogen (secondary N) is 2. The van der Waals surface area contributed by atoms with Crippen molar-refractivity contribution in [1.29, 1.82) is 0 Å². The minimum atomic E-state index is -5.58. The van der Waals surface area contributed by atoms with Crippen LogP contribution in [0, 0.1) is 0 Å². The number of hydrogen-bond donors (Lipinski definition) is 3. The third-order valence-corrected chi connectivity index (χ3v) is 6.19. The average molecular weight is 471 g/mol. The van der Waals surface area contributed by atoms with Crippen LogP contribution in [0.25, 0.3) is 0 Å². The third-order valence-electron chi connectivity index (χ3n) is 4.68. The van der Waals surface area contributed by atoms with Crippen molar-refractivity contribution in [2.75, 3.05) is 10.2 Å². The molecule has 10 nitrogen and oxygen atoms in total. The molecule has 1 aliphatic heterocycles. The zero-order chi connectivity index (χ0) is 23.9. The summed E-state index contributed by atoms with van der Waals surface area (Å²) in [6, 6.07) is 2.96. The molecule has 1 aliphatic rings. The standard InChI is InChI=1S/C18H16F3N5O5S/c1-17(8-10-6-7-23-9-13(10)24-15(22)28)14(27)26(16(29)25-17)11-2-4-12(5-3-11)32(30,31)18(19,20)21/h2-7,9H,8H2,1H3,(H,25,29)(H3,22,24,28). The Bertz CT molecular complexity index is 1200. The fourth-order valence-electron chi connectivity index (χ4n) is 3.15. The minimum Gasteiger partial charge on any atom is -0.351 e. The zero-order valence-electron chi connectivity index (χ0n) is 16.3. The second-order valence-electron chi connectivity index (χ2n) is 7.04. The summed E-state index contributed by atoms with van der Waals surface area (Å²) < 4.78 is 61.1. The van der Waals surface area contributed by atoms with Crippen LogP contribution in [-0.2, 0) is 21.1 Å². The molecule has 2 heterocycles. The van der Waals surface area contributed by atoms with Crippen LogP contribution < -0.4 is 21.3 Å². The van der Waals surface area contributed by atoms with Gasteiger partial charge in [0.05, 0.1) is 22.5 Å². The smallest absolute Gasteiger partial charge is 0.351 e. The van der Waals surface area contributed by atoms with Crippen LogP contribution in [-0.4, -0.2) is 42.4 Å². The van der Waals surface area contributed by atoms with E-state index in [2.05, 4.69) is 15.6 Å². The van der Waals surface area contributed by atoms with E-state index in [0.717, 1.165) is 12.1 Å². The summed E-state index contributed by atoms with van der Waals surface area (Å²) in [6.45, 7) is 1.42.